The standard InChI is InChI=1S/C12H27NO2/c1-4-5-6-7-8-9-15-11-12(10-14)13(2)3/h12,14H,4-11H2,1-3H3. The van der Waals surface area contributed by atoms with Gasteiger partial charge in [-0.25, -0.2) is 0 Å². The summed E-state index contributed by atoms with van der Waals surface area (Å²) in [6.45, 7) is 3.85. The third-order valence-corrected chi connectivity index (χ3v) is 2.64. The molecular formula is C12H27NO2. The zero-order valence-corrected chi connectivity index (χ0v) is 10.5. The van der Waals surface area contributed by atoms with Crippen LogP contribution >= 0.6 is 0 Å². The Bertz CT molecular complexity index is 129. The average molecular weight is 217 g/mol. The lowest BCUT2D eigenvalue weighted by Crippen LogP contribution is -2.35. The van der Waals surface area contributed by atoms with E-state index in [-0.39, 0.29) is 12.6 Å². The lowest BCUT2D eigenvalue weighted by atomic mass is 10.2. The Morgan fingerprint density at radius 2 is 1.80 bits per heavy atom. The predicted octanol–water partition coefficient (Wildman–Crippen LogP) is 1.90. The number of ether oxygens (including phenoxy) is 1. The fraction of sp³-hybridized carbons (Fsp3) is 1.00. The van der Waals surface area contributed by atoms with Crippen LogP contribution in [0.3, 0.4) is 0 Å². The van der Waals surface area contributed by atoms with Crippen molar-refractivity contribution >= 4 is 0 Å². The topological polar surface area (TPSA) is 32.7 Å². The SMILES string of the molecule is CCCCCCCOCC(CO)N(C)C. The fourth-order valence-corrected chi connectivity index (χ4v) is 1.39. The minimum Gasteiger partial charge on any atom is -0.395 e. The number of hydrogen-bond donors (Lipinski definition) is 1. The van der Waals surface area contributed by atoms with E-state index in [0.29, 0.717) is 6.61 Å². The second-order valence-corrected chi connectivity index (χ2v) is 4.29. The number of likely N-dealkylation sites (N-methyl/N-ethyl adjacent to an activating group) is 1. The molecule has 3 nitrogen and oxygen atoms in total. The van der Waals surface area contributed by atoms with Gasteiger partial charge in [-0.15, -0.1) is 0 Å². The first-order chi connectivity index (χ1) is 7.22. The summed E-state index contributed by atoms with van der Waals surface area (Å²) in [7, 11) is 3.93. The summed E-state index contributed by atoms with van der Waals surface area (Å²) in [5.74, 6) is 0. The van der Waals surface area contributed by atoms with Gasteiger partial charge in [-0.1, -0.05) is 32.6 Å². The summed E-state index contributed by atoms with van der Waals surface area (Å²) in [6, 6.07) is 0.139. The molecule has 0 aromatic rings. The molecule has 3 heteroatoms. The number of rotatable bonds is 10. The Balaban J connectivity index is 3.22. The van der Waals surface area contributed by atoms with E-state index in [1.165, 1.54) is 25.7 Å². The quantitative estimate of drug-likeness (QED) is 0.567. The van der Waals surface area contributed by atoms with Gasteiger partial charge in [-0.05, 0) is 20.5 Å². The lowest BCUT2D eigenvalue weighted by Gasteiger charge is -2.21. The third kappa shape index (κ3) is 8.85. The summed E-state index contributed by atoms with van der Waals surface area (Å²) in [4.78, 5) is 2.00. The Hall–Kier alpha value is -0.120. The van der Waals surface area contributed by atoms with E-state index < -0.39 is 0 Å². The normalized spacial score (nSPS) is 13.4. The number of nitrogens with zero attached hydrogens (tertiary/aromatic N) is 1. The smallest absolute Gasteiger partial charge is 0.0644 e. The van der Waals surface area contributed by atoms with Gasteiger partial charge >= 0.3 is 0 Å². The molecule has 0 aromatic heterocycles. The van der Waals surface area contributed by atoms with E-state index in [4.69, 9.17) is 9.84 Å². The van der Waals surface area contributed by atoms with E-state index in [1.807, 2.05) is 19.0 Å². The minimum absolute atomic E-state index is 0.139. The maximum atomic E-state index is 9.05. The fourth-order valence-electron chi connectivity index (χ4n) is 1.39. The highest BCUT2D eigenvalue weighted by atomic mass is 16.5. The molecule has 1 N–H and O–H groups in total. The molecule has 0 amide bonds. The number of unbranched alkanes of at least 4 members (excludes halogenated alkanes) is 4. The lowest BCUT2D eigenvalue weighted by molar-refractivity contribution is 0.0498. The van der Waals surface area contributed by atoms with Crippen molar-refractivity contribution in [2.75, 3.05) is 33.9 Å². The number of hydrogen-bond acceptors (Lipinski definition) is 3. The number of aliphatic hydroxyl groups is 1. The van der Waals surface area contributed by atoms with Crippen molar-refractivity contribution in [3.63, 3.8) is 0 Å². The van der Waals surface area contributed by atoms with E-state index in [2.05, 4.69) is 6.92 Å². The monoisotopic (exact) mass is 217 g/mol. The van der Waals surface area contributed by atoms with E-state index in [9.17, 15) is 0 Å². The molecule has 0 aromatic carbocycles. The molecule has 0 fully saturated rings. The Morgan fingerprint density at radius 1 is 1.13 bits per heavy atom. The van der Waals surface area contributed by atoms with Crippen LogP contribution in [-0.2, 0) is 4.74 Å². The summed E-state index contributed by atoms with van der Waals surface area (Å²) < 4.78 is 5.53. The highest BCUT2D eigenvalue weighted by Gasteiger charge is 2.08. The van der Waals surface area contributed by atoms with Crippen LogP contribution < -0.4 is 0 Å². The van der Waals surface area contributed by atoms with Crippen molar-refractivity contribution in [3.05, 3.63) is 0 Å². The molecule has 0 radical (unpaired) electrons. The molecule has 0 rings (SSSR count). The second-order valence-electron chi connectivity index (χ2n) is 4.29. The highest BCUT2D eigenvalue weighted by Crippen LogP contribution is 2.03. The van der Waals surface area contributed by atoms with E-state index >= 15 is 0 Å². The van der Waals surface area contributed by atoms with Crippen LogP contribution in [0.5, 0.6) is 0 Å². The third-order valence-electron chi connectivity index (χ3n) is 2.64. The molecule has 15 heavy (non-hydrogen) atoms. The van der Waals surface area contributed by atoms with Gasteiger partial charge in [0.05, 0.1) is 19.3 Å². The van der Waals surface area contributed by atoms with Gasteiger partial charge in [0.2, 0.25) is 0 Å². The van der Waals surface area contributed by atoms with Crippen LogP contribution in [0.4, 0.5) is 0 Å². The van der Waals surface area contributed by atoms with Gasteiger partial charge in [0, 0.05) is 6.61 Å². The van der Waals surface area contributed by atoms with Crippen molar-refractivity contribution in [2.24, 2.45) is 0 Å². The molecule has 0 aliphatic rings. The first kappa shape index (κ1) is 14.9. The summed E-state index contributed by atoms with van der Waals surface area (Å²) in [5, 5.41) is 9.05. The molecule has 0 spiro atoms. The van der Waals surface area contributed by atoms with Gasteiger partial charge in [0.1, 0.15) is 0 Å². The zero-order chi connectivity index (χ0) is 11.5. The molecule has 92 valence electrons. The zero-order valence-electron chi connectivity index (χ0n) is 10.5. The van der Waals surface area contributed by atoms with Gasteiger partial charge in [0.15, 0.2) is 0 Å². The summed E-state index contributed by atoms with van der Waals surface area (Å²) in [5.41, 5.74) is 0. The Morgan fingerprint density at radius 3 is 2.33 bits per heavy atom. The van der Waals surface area contributed by atoms with Crippen LogP contribution in [0.25, 0.3) is 0 Å². The van der Waals surface area contributed by atoms with Crippen LogP contribution in [0.2, 0.25) is 0 Å². The van der Waals surface area contributed by atoms with Crippen molar-refractivity contribution < 1.29 is 9.84 Å². The van der Waals surface area contributed by atoms with Crippen molar-refractivity contribution in [2.45, 2.75) is 45.1 Å². The largest absolute Gasteiger partial charge is 0.395 e. The molecule has 0 saturated heterocycles. The minimum atomic E-state index is 0.139. The first-order valence-electron chi connectivity index (χ1n) is 6.07. The van der Waals surface area contributed by atoms with E-state index in [0.717, 1.165) is 13.0 Å². The van der Waals surface area contributed by atoms with Gasteiger partial charge in [-0.2, -0.15) is 0 Å². The van der Waals surface area contributed by atoms with Crippen LogP contribution in [0, 0.1) is 0 Å². The van der Waals surface area contributed by atoms with Gasteiger partial charge in [-0.3, -0.25) is 0 Å². The van der Waals surface area contributed by atoms with Crippen LogP contribution in [0.15, 0.2) is 0 Å². The van der Waals surface area contributed by atoms with Crippen LogP contribution in [0.1, 0.15) is 39.0 Å². The summed E-state index contributed by atoms with van der Waals surface area (Å²) >= 11 is 0. The van der Waals surface area contributed by atoms with Crippen LogP contribution in [-0.4, -0.2) is 50.0 Å². The maximum Gasteiger partial charge on any atom is 0.0644 e. The van der Waals surface area contributed by atoms with Gasteiger partial charge < -0.3 is 14.7 Å². The van der Waals surface area contributed by atoms with Crippen molar-refractivity contribution in [3.8, 4) is 0 Å². The molecule has 0 aliphatic carbocycles. The molecule has 0 aliphatic heterocycles. The first-order valence-corrected chi connectivity index (χ1v) is 6.07. The predicted molar refractivity (Wildman–Crippen MR) is 64.1 cm³/mol. The molecular weight excluding hydrogens is 190 g/mol. The average Bonchev–Trinajstić information content (AvgIpc) is 2.21. The molecule has 0 saturated carbocycles. The molecule has 1 atom stereocenters. The second kappa shape index (κ2) is 10.4. The maximum absolute atomic E-state index is 9.05. The molecule has 1 unspecified atom stereocenters. The summed E-state index contributed by atoms with van der Waals surface area (Å²) in [6.07, 6.45) is 6.34. The molecule has 0 bridgehead atoms. The van der Waals surface area contributed by atoms with E-state index in [1.54, 1.807) is 0 Å². The Labute approximate surface area is 94.4 Å². The number of aliphatic hydroxyl groups excluding tert-OH is 1. The molecule has 0 heterocycles. The highest BCUT2D eigenvalue weighted by molar-refractivity contribution is 4.62. The van der Waals surface area contributed by atoms with Crippen molar-refractivity contribution in [1.29, 1.82) is 0 Å². The van der Waals surface area contributed by atoms with Gasteiger partial charge in [0.25, 0.3) is 0 Å². The Kier molecular flexibility index (Phi) is 10.3. The van der Waals surface area contributed by atoms with Crippen molar-refractivity contribution in [1.82, 2.24) is 4.90 Å².